The van der Waals surface area contributed by atoms with Crippen LogP contribution in [0.25, 0.3) is 0 Å². The van der Waals surface area contributed by atoms with Crippen LogP contribution < -0.4 is 0 Å². The predicted molar refractivity (Wildman–Crippen MR) is 73.1 cm³/mol. The zero-order valence-corrected chi connectivity index (χ0v) is 10.7. The van der Waals surface area contributed by atoms with Crippen LogP contribution in [0, 0.1) is 0 Å². The Morgan fingerprint density at radius 3 is 0.294 bits per heavy atom. The van der Waals surface area contributed by atoms with Crippen molar-refractivity contribution in [3.63, 3.8) is 0 Å². The van der Waals surface area contributed by atoms with Gasteiger partial charge in [0.05, 0.1) is 0 Å². The largest absolute Gasteiger partial charge is 0.0623 e. The molecular weight excluding hydrogens is 248 g/mol. The molecule has 0 amide bonds. The molecule has 1 heteroatoms. The van der Waals surface area contributed by atoms with Crippen LogP contribution in [0.4, 0.5) is 0 Å². The fourth-order valence-corrected chi connectivity index (χ4v) is 1.03. The monoisotopic (exact) mass is 264 g/mol. The maximum atomic E-state index is 2.00. The van der Waals surface area contributed by atoms with E-state index in [1.807, 2.05) is 97.2 Å². The molecule has 0 bridgehead atoms. The second kappa shape index (κ2) is 12.5. The first-order valence-electron chi connectivity index (χ1n) is 5.33. The van der Waals surface area contributed by atoms with Crippen molar-refractivity contribution in [2.45, 2.75) is 0 Å². The average molecular weight is 264 g/mol. The zero-order chi connectivity index (χ0) is 11.3. The molecule has 0 saturated carbocycles. The molecule has 0 aromatic rings. The number of hydrogen-bond acceptors (Lipinski definition) is 0. The number of allylic oxidation sites excluding steroid dienone is 16. The molecule has 0 atom stereocenters. The quantitative estimate of drug-likeness (QED) is 0.567. The summed E-state index contributed by atoms with van der Waals surface area (Å²) in [6, 6.07) is 0. The van der Waals surface area contributed by atoms with Crippen LogP contribution in [0.15, 0.2) is 97.2 Å². The van der Waals surface area contributed by atoms with Gasteiger partial charge in [0.2, 0.25) is 0 Å². The van der Waals surface area contributed by atoms with Crippen molar-refractivity contribution in [3.05, 3.63) is 97.2 Å². The van der Waals surface area contributed by atoms with E-state index in [0.29, 0.717) is 0 Å². The Bertz CT molecular complexity index is 247. The summed E-state index contributed by atoms with van der Waals surface area (Å²) in [4.78, 5) is 0. The number of rotatable bonds is 0. The van der Waals surface area contributed by atoms with E-state index in [-0.39, 0.29) is 17.1 Å². The van der Waals surface area contributed by atoms with Crippen molar-refractivity contribution in [1.82, 2.24) is 0 Å². The predicted octanol–water partition coefficient (Wildman–Crippen LogP) is 4.45. The van der Waals surface area contributed by atoms with E-state index in [9.17, 15) is 0 Å². The van der Waals surface area contributed by atoms with Crippen molar-refractivity contribution < 1.29 is 17.1 Å². The van der Waals surface area contributed by atoms with Crippen LogP contribution in [0.1, 0.15) is 0 Å². The molecule has 88 valence electrons. The molecule has 0 aromatic heterocycles. The minimum Gasteiger partial charge on any atom is -0.0623 e. The third-order valence-electron chi connectivity index (χ3n) is 1.78. The summed E-state index contributed by atoms with van der Waals surface area (Å²) >= 11 is 0. The van der Waals surface area contributed by atoms with Crippen molar-refractivity contribution in [2.24, 2.45) is 0 Å². The summed E-state index contributed by atoms with van der Waals surface area (Å²) in [6.45, 7) is 0. The van der Waals surface area contributed by atoms with Crippen LogP contribution in [0.2, 0.25) is 0 Å². The van der Waals surface area contributed by atoms with Crippen LogP contribution >= 0.6 is 0 Å². The fourth-order valence-electron chi connectivity index (χ4n) is 1.03. The van der Waals surface area contributed by atoms with Crippen molar-refractivity contribution >= 4 is 0 Å². The van der Waals surface area contributed by atoms with Gasteiger partial charge in [-0.1, -0.05) is 97.2 Å². The van der Waals surface area contributed by atoms with Gasteiger partial charge in [-0.15, -0.1) is 0 Å². The van der Waals surface area contributed by atoms with Gasteiger partial charge in [-0.25, -0.2) is 0 Å². The Morgan fingerprint density at radius 1 is 0.176 bits per heavy atom. The van der Waals surface area contributed by atoms with E-state index in [1.165, 1.54) is 0 Å². The van der Waals surface area contributed by atoms with Gasteiger partial charge in [0, 0.05) is 17.1 Å². The molecule has 0 fully saturated rings. The van der Waals surface area contributed by atoms with E-state index < -0.39 is 0 Å². The van der Waals surface area contributed by atoms with Gasteiger partial charge in [-0.05, 0) is 0 Å². The van der Waals surface area contributed by atoms with Crippen molar-refractivity contribution in [2.75, 3.05) is 0 Å². The molecule has 2 rings (SSSR count). The van der Waals surface area contributed by atoms with Crippen molar-refractivity contribution in [1.29, 1.82) is 0 Å². The molecule has 2 aliphatic carbocycles. The van der Waals surface area contributed by atoms with E-state index in [4.69, 9.17) is 0 Å². The third kappa shape index (κ3) is 10.7. The molecule has 0 saturated heterocycles. The van der Waals surface area contributed by atoms with Crippen LogP contribution in [-0.2, 0) is 17.1 Å². The maximum Gasteiger partial charge on any atom is 0 e. The Balaban J connectivity index is 0.000000284. The fraction of sp³-hybridized carbons (Fsp3) is 0. The molecule has 0 aromatic carbocycles. The molecular formula is C16H16Fe. The first-order chi connectivity index (χ1) is 8.00. The molecule has 0 N–H and O–H groups in total. The summed E-state index contributed by atoms with van der Waals surface area (Å²) in [6.07, 6.45) is 32.0. The van der Waals surface area contributed by atoms with Gasteiger partial charge < -0.3 is 0 Å². The molecule has 17 heavy (non-hydrogen) atoms. The second-order valence-electron chi connectivity index (χ2n) is 3.08. The van der Waals surface area contributed by atoms with Crippen LogP contribution in [0.3, 0.4) is 0 Å². The SMILES string of the molecule is C1=C\C=C/C=C\C=C/1.C1=C\C=C/C=C\C=C/1.[Fe]. The van der Waals surface area contributed by atoms with Gasteiger partial charge in [0.1, 0.15) is 0 Å². The first-order valence-corrected chi connectivity index (χ1v) is 5.33. The topological polar surface area (TPSA) is 0 Å². The molecule has 0 nitrogen and oxygen atoms in total. The zero-order valence-electron chi connectivity index (χ0n) is 9.59. The molecule has 0 spiro atoms. The maximum absolute atomic E-state index is 2.00. The Kier molecular flexibility index (Phi) is 11.4. The van der Waals surface area contributed by atoms with Gasteiger partial charge >= 0.3 is 0 Å². The minimum atomic E-state index is 0. The van der Waals surface area contributed by atoms with Crippen LogP contribution in [0.5, 0.6) is 0 Å². The summed E-state index contributed by atoms with van der Waals surface area (Å²) < 4.78 is 0. The summed E-state index contributed by atoms with van der Waals surface area (Å²) in [5.41, 5.74) is 0. The normalized spacial score (nSPS) is 30.1. The minimum absolute atomic E-state index is 0. The number of hydrogen-bond donors (Lipinski definition) is 0. The first kappa shape index (κ1) is 15.4. The molecule has 0 radical (unpaired) electrons. The van der Waals surface area contributed by atoms with E-state index in [1.54, 1.807) is 0 Å². The molecule has 2 aliphatic rings. The Morgan fingerprint density at radius 2 is 0.235 bits per heavy atom. The van der Waals surface area contributed by atoms with Gasteiger partial charge in [0.25, 0.3) is 0 Å². The Hall–Kier alpha value is -1.56. The van der Waals surface area contributed by atoms with Crippen LogP contribution in [-0.4, -0.2) is 0 Å². The third-order valence-corrected chi connectivity index (χ3v) is 1.78. The summed E-state index contributed by atoms with van der Waals surface area (Å²) in [7, 11) is 0. The molecule has 0 aliphatic heterocycles. The van der Waals surface area contributed by atoms with E-state index in [0.717, 1.165) is 0 Å². The smallest absolute Gasteiger partial charge is 0 e. The van der Waals surface area contributed by atoms with E-state index in [2.05, 4.69) is 0 Å². The summed E-state index contributed by atoms with van der Waals surface area (Å²) in [5, 5.41) is 0. The summed E-state index contributed by atoms with van der Waals surface area (Å²) in [5.74, 6) is 0. The molecule has 0 heterocycles. The van der Waals surface area contributed by atoms with E-state index >= 15 is 0 Å². The average Bonchev–Trinajstić information content (AvgIpc) is 2.15. The molecule has 0 unspecified atom stereocenters. The second-order valence-corrected chi connectivity index (χ2v) is 3.08. The van der Waals surface area contributed by atoms with Crippen molar-refractivity contribution in [3.8, 4) is 0 Å². The van der Waals surface area contributed by atoms with Gasteiger partial charge in [-0.2, -0.15) is 0 Å². The van der Waals surface area contributed by atoms with Gasteiger partial charge in [0.15, 0.2) is 0 Å². The van der Waals surface area contributed by atoms with Gasteiger partial charge in [-0.3, -0.25) is 0 Å². The standard InChI is InChI=1S/2C8H8.Fe/c2*1-2-4-6-8-7-5-3-1;/h2*1-8H;/b2*2-1-,3-1?,4-2?,5-3-,6-4-,7-5?,8-6?,8-7-;. The Labute approximate surface area is 114 Å².